The van der Waals surface area contributed by atoms with Crippen LogP contribution in [0.4, 0.5) is 0 Å². The summed E-state index contributed by atoms with van der Waals surface area (Å²) in [4.78, 5) is 80.9. The third-order valence-corrected chi connectivity index (χ3v) is 9.19. The van der Waals surface area contributed by atoms with Gasteiger partial charge in [0, 0.05) is 44.5 Å². The fourth-order valence-electron chi connectivity index (χ4n) is 5.82. The van der Waals surface area contributed by atoms with E-state index in [1.54, 1.807) is 24.3 Å². The fraction of sp³-hybridized carbons (Fsp3) is 0.698. The van der Waals surface area contributed by atoms with Crippen molar-refractivity contribution in [3.63, 3.8) is 0 Å². The van der Waals surface area contributed by atoms with Gasteiger partial charge in [0.25, 0.3) is 0 Å². The van der Waals surface area contributed by atoms with E-state index < -0.39 is 12.0 Å². The standard InChI is InChI=1S/C43H70N4O12/c48-32-37-19-17-36(18-20-37)31-46-42(53)35-59-30-28-57-26-24-45-41(52)34-58-29-27-56-25-23-44-39(50)22-21-38(33-49)47-40(51)15-13-11-9-7-5-3-1-2-4-6-8-10-12-14-16-43(54)55/h17-20,32-33,38H,1-16,21-31,34-35H2,(H,44,50)(H,45,52)(H,46,53)(H,47,51)(H,54,55). The number of nitrogens with one attached hydrogen (secondary N) is 4. The Kier molecular flexibility index (Phi) is 34.0. The zero-order valence-corrected chi connectivity index (χ0v) is 35.0. The first kappa shape index (κ1) is 52.8. The minimum Gasteiger partial charge on any atom is -0.481 e. The van der Waals surface area contributed by atoms with Gasteiger partial charge in [-0.05, 0) is 24.8 Å². The number of hydrogen-bond acceptors (Lipinski definition) is 11. The largest absolute Gasteiger partial charge is 0.481 e. The molecule has 0 saturated heterocycles. The van der Waals surface area contributed by atoms with E-state index in [1.807, 2.05) is 0 Å². The molecule has 334 valence electrons. The summed E-state index contributed by atoms with van der Waals surface area (Å²) in [6, 6.07) is 6.19. The Morgan fingerprint density at radius 2 is 0.983 bits per heavy atom. The highest BCUT2D eigenvalue weighted by atomic mass is 16.5. The van der Waals surface area contributed by atoms with Gasteiger partial charge in [0.05, 0.1) is 45.7 Å². The predicted molar refractivity (Wildman–Crippen MR) is 222 cm³/mol. The number of aliphatic carboxylic acids is 1. The Bertz CT molecular complexity index is 1300. The van der Waals surface area contributed by atoms with E-state index in [4.69, 9.17) is 24.1 Å². The average molecular weight is 835 g/mol. The van der Waals surface area contributed by atoms with Gasteiger partial charge in [0.2, 0.25) is 23.6 Å². The number of carboxylic acids is 1. The number of ether oxygens (including phenoxy) is 4. The molecule has 16 nitrogen and oxygen atoms in total. The van der Waals surface area contributed by atoms with Gasteiger partial charge in [0.1, 0.15) is 25.8 Å². The minimum absolute atomic E-state index is 0.0936. The molecule has 0 aromatic heterocycles. The fourth-order valence-corrected chi connectivity index (χ4v) is 5.82. The van der Waals surface area contributed by atoms with Crippen LogP contribution in [0.25, 0.3) is 0 Å². The van der Waals surface area contributed by atoms with Crippen molar-refractivity contribution < 1.29 is 57.6 Å². The predicted octanol–water partition coefficient (Wildman–Crippen LogP) is 4.20. The molecule has 1 rings (SSSR count). The Hall–Kier alpha value is -4.25. The number of carbonyl (C=O) groups is 7. The Morgan fingerprint density at radius 1 is 0.525 bits per heavy atom. The van der Waals surface area contributed by atoms with Gasteiger partial charge in [-0.2, -0.15) is 0 Å². The van der Waals surface area contributed by atoms with Crippen LogP contribution in [-0.2, 0) is 54.3 Å². The maximum absolute atomic E-state index is 12.3. The van der Waals surface area contributed by atoms with E-state index in [9.17, 15) is 33.6 Å². The lowest BCUT2D eigenvalue weighted by molar-refractivity contribution is -0.137. The van der Waals surface area contributed by atoms with Gasteiger partial charge in [-0.1, -0.05) is 101 Å². The minimum atomic E-state index is -0.708. The number of benzene rings is 1. The molecular weight excluding hydrogens is 764 g/mol. The summed E-state index contributed by atoms with van der Waals surface area (Å²) in [5.74, 6) is -1.71. The lowest BCUT2D eigenvalue weighted by Crippen LogP contribution is -2.37. The van der Waals surface area contributed by atoms with Crippen molar-refractivity contribution in [2.24, 2.45) is 0 Å². The van der Waals surface area contributed by atoms with Crippen LogP contribution in [0.5, 0.6) is 0 Å². The van der Waals surface area contributed by atoms with Crippen LogP contribution in [0.1, 0.15) is 131 Å². The molecule has 0 aliphatic heterocycles. The molecule has 59 heavy (non-hydrogen) atoms. The second kappa shape index (κ2) is 38.0. The van der Waals surface area contributed by atoms with Gasteiger partial charge in [-0.15, -0.1) is 0 Å². The second-order valence-corrected chi connectivity index (χ2v) is 14.4. The first-order valence-electron chi connectivity index (χ1n) is 21.3. The van der Waals surface area contributed by atoms with Crippen molar-refractivity contribution in [3.8, 4) is 0 Å². The van der Waals surface area contributed by atoms with Gasteiger partial charge >= 0.3 is 5.97 Å². The summed E-state index contributed by atoms with van der Waals surface area (Å²) < 4.78 is 21.4. The molecule has 0 radical (unpaired) electrons. The molecule has 1 atom stereocenters. The van der Waals surface area contributed by atoms with E-state index in [0.717, 1.165) is 56.8 Å². The summed E-state index contributed by atoms with van der Waals surface area (Å²) in [7, 11) is 0. The normalized spacial score (nSPS) is 11.4. The topological polar surface area (TPSA) is 225 Å². The Morgan fingerprint density at radius 3 is 1.47 bits per heavy atom. The van der Waals surface area contributed by atoms with Crippen LogP contribution in [0.2, 0.25) is 0 Å². The van der Waals surface area contributed by atoms with Crippen LogP contribution in [0.15, 0.2) is 24.3 Å². The molecule has 1 aromatic carbocycles. The van der Waals surface area contributed by atoms with Gasteiger partial charge < -0.3 is 50.1 Å². The molecule has 0 aliphatic rings. The van der Waals surface area contributed by atoms with Crippen LogP contribution in [-0.4, -0.2) is 119 Å². The maximum Gasteiger partial charge on any atom is 0.303 e. The monoisotopic (exact) mass is 834 g/mol. The van der Waals surface area contributed by atoms with Crippen molar-refractivity contribution in [1.82, 2.24) is 21.3 Å². The summed E-state index contributed by atoms with van der Waals surface area (Å²) in [6.45, 7) is 2.06. The zero-order valence-electron chi connectivity index (χ0n) is 35.0. The smallest absolute Gasteiger partial charge is 0.303 e. The Labute approximate surface area is 350 Å². The molecule has 1 unspecified atom stereocenters. The summed E-state index contributed by atoms with van der Waals surface area (Å²) in [5, 5.41) is 19.5. The summed E-state index contributed by atoms with van der Waals surface area (Å²) in [5.41, 5.74) is 1.44. The molecule has 16 heteroatoms. The molecule has 5 N–H and O–H groups in total. The molecular formula is C43H70N4O12. The third-order valence-electron chi connectivity index (χ3n) is 9.19. The van der Waals surface area contributed by atoms with Crippen molar-refractivity contribution in [2.45, 2.75) is 128 Å². The lowest BCUT2D eigenvalue weighted by Gasteiger charge is -2.13. The molecule has 0 bridgehead atoms. The zero-order chi connectivity index (χ0) is 43.0. The number of hydrogen-bond donors (Lipinski definition) is 5. The molecule has 0 aliphatic carbocycles. The number of rotatable bonds is 41. The van der Waals surface area contributed by atoms with Gasteiger partial charge in [-0.25, -0.2) is 0 Å². The van der Waals surface area contributed by atoms with Crippen LogP contribution >= 0.6 is 0 Å². The van der Waals surface area contributed by atoms with Crippen LogP contribution in [0.3, 0.4) is 0 Å². The highest BCUT2D eigenvalue weighted by molar-refractivity contribution is 5.81. The lowest BCUT2D eigenvalue weighted by atomic mass is 10.0. The van der Waals surface area contributed by atoms with Crippen molar-refractivity contribution in [1.29, 1.82) is 0 Å². The highest BCUT2D eigenvalue weighted by Crippen LogP contribution is 2.14. The summed E-state index contributed by atoms with van der Waals surface area (Å²) in [6.07, 6.45) is 17.8. The average Bonchev–Trinajstić information content (AvgIpc) is 3.23. The number of amides is 4. The molecule has 0 heterocycles. The highest BCUT2D eigenvalue weighted by Gasteiger charge is 2.13. The van der Waals surface area contributed by atoms with E-state index in [2.05, 4.69) is 21.3 Å². The number of unbranched alkanes of at least 4 members (excludes halogenated alkanes) is 13. The molecule has 1 aromatic rings. The second-order valence-electron chi connectivity index (χ2n) is 14.4. The molecule has 4 amide bonds. The van der Waals surface area contributed by atoms with Crippen LogP contribution < -0.4 is 21.3 Å². The maximum atomic E-state index is 12.3. The number of aldehydes is 2. The quantitative estimate of drug-likeness (QED) is 0.0463. The number of carboxylic acid groups (broad SMARTS) is 1. The van der Waals surface area contributed by atoms with Gasteiger partial charge in [-0.3, -0.25) is 28.8 Å². The number of carbonyl (C=O) groups excluding carboxylic acids is 6. The van der Waals surface area contributed by atoms with E-state index in [0.29, 0.717) is 24.8 Å². The third kappa shape index (κ3) is 34.3. The summed E-state index contributed by atoms with van der Waals surface area (Å²) >= 11 is 0. The van der Waals surface area contributed by atoms with Crippen molar-refractivity contribution in [3.05, 3.63) is 35.4 Å². The van der Waals surface area contributed by atoms with Crippen molar-refractivity contribution in [2.75, 3.05) is 65.9 Å². The first-order valence-corrected chi connectivity index (χ1v) is 21.3. The molecule has 0 fully saturated rings. The van der Waals surface area contributed by atoms with Crippen LogP contribution in [0, 0.1) is 0 Å². The molecule has 0 spiro atoms. The van der Waals surface area contributed by atoms with E-state index >= 15 is 0 Å². The SMILES string of the molecule is O=Cc1ccc(CNC(=O)COCCOCCNC(=O)COCCOCCNC(=O)CCC(C=O)NC(=O)CCCCCCCCCCCCCCCCC(=O)O)cc1. The van der Waals surface area contributed by atoms with Gasteiger partial charge in [0.15, 0.2) is 0 Å². The first-order chi connectivity index (χ1) is 28.7. The molecule has 0 saturated carbocycles. The van der Waals surface area contributed by atoms with E-state index in [-0.39, 0.29) is 109 Å². The van der Waals surface area contributed by atoms with E-state index in [1.165, 1.54) is 44.9 Å². The van der Waals surface area contributed by atoms with Crippen molar-refractivity contribution >= 4 is 42.2 Å². The Balaban J connectivity index is 1.87.